The van der Waals surface area contributed by atoms with Crippen molar-refractivity contribution in [3.63, 3.8) is 0 Å². The fourth-order valence-corrected chi connectivity index (χ4v) is 3.88. The van der Waals surface area contributed by atoms with Crippen LogP contribution in [0.1, 0.15) is 25.7 Å². The molecule has 2 saturated heterocycles. The average Bonchev–Trinajstić information content (AvgIpc) is 2.98. The monoisotopic (exact) mass is 369 g/mol. The summed E-state index contributed by atoms with van der Waals surface area (Å²) in [6.07, 6.45) is 3.65. The molecule has 0 bridgehead atoms. The Morgan fingerprint density at radius 1 is 1.28 bits per heavy atom. The number of aliphatic hydroxyl groups excluding tert-OH is 1. The Morgan fingerprint density at radius 2 is 2.04 bits per heavy atom. The predicted octanol–water partition coefficient (Wildman–Crippen LogP) is 2.34. The first kappa shape index (κ1) is 18.6. The standard InChI is InChI=1S/C18H25ClFN3O2/c19-14-10-13(4-5-15(14)20)21-18(25)6-9-22-11-16(17(24)12-22)23-7-2-1-3-8-23/h4-5,10,16-17,24H,1-3,6-9,11-12H2,(H,21,25)/t16-,17-/m0/s1. The van der Waals surface area contributed by atoms with Crippen LogP contribution in [-0.4, -0.2) is 65.7 Å². The van der Waals surface area contributed by atoms with Crippen molar-refractivity contribution < 1.29 is 14.3 Å². The first-order valence-corrected chi connectivity index (χ1v) is 9.30. The van der Waals surface area contributed by atoms with Crippen LogP contribution in [0.15, 0.2) is 18.2 Å². The van der Waals surface area contributed by atoms with Gasteiger partial charge in [-0.15, -0.1) is 0 Å². The number of benzene rings is 1. The number of halogens is 2. The zero-order chi connectivity index (χ0) is 17.8. The van der Waals surface area contributed by atoms with E-state index in [2.05, 4.69) is 15.1 Å². The third kappa shape index (κ3) is 4.91. The summed E-state index contributed by atoms with van der Waals surface area (Å²) in [5.41, 5.74) is 0.490. The lowest BCUT2D eigenvalue weighted by molar-refractivity contribution is -0.116. The van der Waals surface area contributed by atoms with Crippen LogP contribution >= 0.6 is 11.6 Å². The van der Waals surface area contributed by atoms with Gasteiger partial charge in [0.2, 0.25) is 5.91 Å². The number of hydrogen-bond donors (Lipinski definition) is 2. The van der Waals surface area contributed by atoms with Crippen molar-refractivity contribution in [2.24, 2.45) is 0 Å². The Morgan fingerprint density at radius 3 is 2.76 bits per heavy atom. The third-order valence-electron chi connectivity index (χ3n) is 5.05. The van der Waals surface area contributed by atoms with E-state index in [1.54, 1.807) is 0 Å². The Kier molecular flexibility index (Phi) is 6.28. The zero-order valence-electron chi connectivity index (χ0n) is 14.3. The molecule has 0 saturated carbocycles. The van der Waals surface area contributed by atoms with Crippen LogP contribution in [0.3, 0.4) is 0 Å². The Hall–Kier alpha value is -1.21. The van der Waals surface area contributed by atoms with Crippen LogP contribution in [0.5, 0.6) is 0 Å². The molecule has 25 heavy (non-hydrogen) atoms. The first-order valence-electron chi connectivity index (χ1n) is 8.92. The topological polar surface area (TPSA) is 55.8 Å². The normalized spacial score (nSPS) is 25.2. The van der Waals surface area contributed by atoms with Gasteiger partial charge < -0.3 is 10.4 Å². The summed E-state index contributed by atoms with van der Waals surface area (Å²) in [6.45, 7) is 4.12. The number of amides is 1. The summed E-state index contributed by atoms with van der Waals surface area (Å²) in [4.78, 5) is 16.6. The van der Waals surface area contributed by atoms with Gasteiger partial charge in [-0.3, -0.25) is 14.6 Å². The first-order chi connectivity index (χ1) is 12.0. The van der Waals surface area contributed by atoms with Gasteiger partial charge in [-0.2, -0.15) is 0 Å². The molecule has 7 heteroatoms. The fourth-order valence-electron chi connectivity index (χ4n) is 3.70. The van der Waals surface area contributed by atoms with Gasteiger partial charge in [0.25, 0.3) is 0 Å². The van der Waals surface area contributed by atoms with E-state index in [0.29, 0.717) is 25.2 Å². The number of hydrogen-bond acceptors (Lipinski definition) is 4. The van der Waals surface area contributed by atoms with Crippen molar-refractivity contribution in [2.45, 2.75) is 37.8 Å². The SMILES string of the molecule is O=C(CCN1C[C@H](O)[C@@H](N2CCCCC2)C1)Nc1ccc(F)c(Cl)c1. The van der Waals surface area contributed by atoms with Crippen LogP contribution < -0.4 is 5.32 Å². The maximum atomic E-state index is 13.1. The zero-order valence-corrected chi connectivity index (χ0v) is 15.0. The van der Waals surface area contributed by atoms with E-state index >= 15 is 0 Å². The number of carbonyl (C=O) groups is 1. The number of nitrogens with zero attached hydrogens (tertiary/aromatic N) is 2. The molecule has 2 atom stereocenters. The highest BCUT2D eigenvalue weighted by atomic mass is 35.5. The van der Waals surface area contributed by atoms with E-state index in [1.807, 2.05) is 0 Å². The number of likely N-dealkylation sites (tertiary alicyclic amines) is 2. The molecule has 0 aromatic heterocycles. The molecule has 0 spiro atoms. The molecule has 0 unspecified atom stereocenters. The lowest BCUT2D eigenvalue weighted by Crippen LogP contribution is -2.45. The highest BCUT2D eigenvalue weighted by Crippen LogP contribution is 2.22. The quantitative estimate of drug-likeness (QED) is 0.836. The van der Waals surface area contributed by atoms with E-state index in [1.165, 1.54) is 37.5 Å². The van der Waals surface area contributed by atoms with Gasteiger partial charge >= 0.3 is 0 Å². The van der Waals surface area contributed by atoms with E-state index in [4.69, 9.17) is 11.6 Å². The number of nitrogens with one attached hydrogen (secondary N) is 1. The molecule has 2 aliphatic rings. The van der Waals surface area contributed by atoms with Crippen molar-refractivity contribution >= 4 is 23.2 Å². The minimum atomic E-state index is -0.505. The molecule has 2 heterocycles. The second-order valence-corrected chi connectivity index (χ2v) is 7.33. The number of aliphatic hydroxyl groups is 1. The van der Waals surface area contributed by atoms with Crippen LogP contribution in [-0.2, 0) is 4.79 Å². The summed E-state index contributed by atoms with van der Waals surface area (Å²) in [6, 6.07) is 4.31. The minimum absolute atomic E-state index is 0.00941. The van der Waals surface area contributed by atoms with Gasteiger partial charge in [-0.25, -0.2) is 4.39 Å². The maximum absolute atomic E-state index is 13.1. The Balaban J connectivity index is 1.45. The smallest absolute Gasteiger partial charge is 0.225 e. The van der Waals surface area contributed by atoms with Gasteiger partial charge in [-0.05, 0) is 44.1 Å². The van der Waals surface area contributed by atoms with Crippen molar-refractivity contribution in [1.82, 2.24) is 9.80 Å². The highest BCUT2D eigenvalue weighted by molar-refractivity contribution is 6.31. The summed E-state index contributed by atoms with van der Waals surface area (Å²) in [7, 11) is 0. The molecule has 1 aromatic carbocycles. The summed E-state index contributed by atoms with van der Waals surface area (Å²) < 4.78 is 13.1. The number of anilines is 1. The van der Waals surface area contributed by atoms with E-state index in [0.717, 1.165) is 19.6 Å². The molecular weight excluding hydrogens is 345 g/mol. The van der Waals surface area contributed by atoms with Gasteiger partial charge in [0.15, 0.2) is 0 Å². The number of piperidine rings is 1. The van der Waals surface area contributed by atoms with E-state index < -0.39 is 5.82 Å². The van der Waals surface area contributed by atoms with Crippen LogP contribution in [0, 0.1) is 5.82 Å². The summed E-state index contributed by atoms with van der Waals surface area (Å²) in [5, 5.41) is 13.1. The van der Waals surface area contributed by atoms with Gasteiger partial charge in [0.05, 0.1) is 11.1 Å². The predicted molar refractivity (Wildman–Crippen MR) is 96.3 cm³/mol. The van der Waals surface area contributed by atoms with Crippen LogP contribution in [0.25, 0.3) is 0 Å². The minimum Gasteiger partial charge on any atom is -0.390 e. The molecule has 138 valence electrons. The van der Waals surface area contributed by atoms with Crippen molar-refractivity contribution in [3.05, 3.63) is 29.0 Å². The fraction of sp³-hybridized carbons (Fsp3) is 0.611. The molecule has 2 fully saturated rings. The molecule has 2 N–H and O–H groups in total. The van der Waals surface area contributed by atoms with E-state index in [9.17, 15) is 14.3 Å². The largest absolute Gasteiger partial charge is 0.390 e. The molecule has 5 nitrogen and oxygen atoms in total. The number of β-amino-alcohol motifs (C(OH)–C–C–N with tert-alkyl or cyclic N) is 1. The van der Waals surface area contributed by atoms with Crippen LogP contribution in [0.2, 0.25) is 5.02 Å². The van der Waals surface area contributed by atoms with Gasteiger partial charge in [-0.1, -0.05) is 18.0 Å². The Bertz CT molecular complexity index is 610. The van der Waals surface area contributed by atoms with Crippen molar-refractivity contribution in [1.29, 1.82) is 0 Å². The number of rotatable bonds is 5. The molecule has 3 rings (SSSR count). The summed E-state index contributed by atoms with van der Waals surface area (Å²) in [5.74, 6) is -0.645. The van der Waals surface area contributed by atoms with Gasteiger partial charge in [0.1, 0.15) is 5.82 Å². The lowest BCUT2D eigenvalue weighted by atomic mass is 10.1. The van der Waals surface area contributed by atoms with Crippen molar-refractivity contribution in [2.75, 3.05) is 38.0 Å². The second-order valence-electron chi connectivity index (χ2n) is 6.92. The Labute approximate surface area is 152 Å². The van der Waals surface area contributed by atoms with E-state index in [-0.39, 0.29) is 23.1 Å². The number of carbonyl (C=O) groups excluding carboxylic acids is 1. The molecule has 0 radical (unpaired) electrons. The average molecular weight is 370 g/mol. The summed E-state index contributed by atoms with van der Waals surface area (Å²) >= 11 is 5.72. The van der Waals surface area contributed by atoms with Crippen LogP contribution in [0.4, 0.5) is 10.1 Å². The molecular formula is C18H25ClFN3O2. The molecule has 2 aliphatic heterocycles. The lowest BCUT2D eigenvalue weighted by Gasteiger charge is -2.33. The molecule has 1 aromatic rings. The second kappa shape index (κ2) is 8.45. The van der Waals surface area contributed by atoms with Gasteiger partial charge in [0, 0.05) is 37.8 Å². The third-order valence-corrected chi connectivity index (χ3v) is 5.34. The maximum Gasteiger partial charge on any atom is 0.225 e. The van der Waals surface area contributed by atoms with Crippen molar-refractivity contribution in [3.8, 4) is 0 Å². The molecule has 1 amide bonds. The molecule has 0 aliphatic carbocycles. The highest BCUT2D eigenvalue weighted by Gasteiger charge is 2.35.